The average molecular weight is 275 g/mol. The molecule has 0 spiro atoms. The topological polar surface area (TPSA) is 60.2 Å². The van der Waals surface area contributed by atoms with Crippen LogP contribution in [-0.2, 0) is 16.0 Å². The maximum absolute atomic E-state index is 12.8. The molecule has 0 aromatic heterocycles. The zero-order valence-corrected chi connectivity index (χ0v) is 9.72. The summed E-state index contributed by atoms with van der Waals surface area (Å²) >= 11 is 0. The minimum atomic E-state index is -4.55. The Kier molecular flexibility index (Phi) is 2.73. The summed E-state index contributed by atoms with van der Waals surface area (Å²) in [4.78, 5) is 0. The molecular formula is C11H8F3NO2S. The van der Waals surface area contributed by atoms with Gasteiger partial charge in [0.1, 0.15) is 5.03 Å². The largest absolute Gasteiger partial charge is 0.417 e. The van der Waals surface area contributed by atoms with Crippen molar-refractivity contribution in [3.63, 3.8) is 0 Å². The Morgan fingerprint density at radius 3 is 2.22 bits per heavy atom. The van der Waals surface area contributed by atoms with Crippen LogP contribution in [0.15, 0.2) is 40.8 Å². The molecule has 0 aliphatic carbocycles. The van der Waals surface area contributed by atoms with Gasteiger partial charge in [0.15, 0.2) is 0 Å². The smallest absolute Gasteiger partial charge is 0.389 e. The molecular weight excluding hydrogens is 267 g/mol. The molecule has 0 saturated carbocycles. The first-order valence-electron chi connectivity index (χ1n) is 4.82. The molecule has 0 radical (unpaired) electrons. The Labute approximate surface area is 101 Å². The van der Waals surface area contributed by atoms with Gasteiger partial charge in [-0.25, -0.2) is 8.42 Å². The van der Waals surface area contributed by atoms with E-state index >= 15 is 0 Å². The van der Waals surface area contributed by atoms with E-state index in [1.54, 1.807) is 0 Å². The van der Waals surface area contributed by atoms with Gasteiger partial charge in [-0.1, -0.05) is 18.2 Å². The Morgan fingerprint density at radius 1 is 1.11 bits per heavy atom. The zero-order valence-electron chi connectivity index (χ0n) is 8.90. The predicted molar refractivity (Wildman–Crippen MR) is 60.6 cm³/mol. The van der Waals surface area contributed by atoms with Crippen LogP contribution in [0.25, 0.3) is 5.57 Å². The molecule has 1 aliphatic heterocycles. The van der Waals surface area contributed by atoms with Gasteiger partial charge >= 0.3 is 6.18 Å². The molecule has 1 aromatic carbocycles. The van der Waals surface area contributed by atoms with Crippen LogP contribution < -0.4 is 5.73 Å². The van der Waals surface area contributed by atoms with Gasteiger partial charge in [0.2, 0.25) is 9.84 Å². The van der Waals surface area contributed by atoms with E-state index in [4.69, 9.17) is 5.73 Å². The lowest BCUT2D eigenvalue weighted by atomic mass is 10.0. The van der Waals surface area contributed by atoms with Crippen LogP contribution in [0.4, 0.5) is 13.2 Å². The van der Waals surface area contributed by atoms with Gasteiger partial charge in [-0.3, -0.25) is 0 Å². The predicted octanol–water partition coefficient (Wildman–Crippen LogP) is 2.27. The molecule has 0 fully saturated rings. The molecule has 96 valence electrons. The summed E-state index contributed by atoms with van der Waals surface area (Å²) in [5, 5.41) is 0.293. The van der Waals surface area contributed by atoms with Crippen molar-refractivity contribution >= 4 is 15.4 Å². The highest BCUT2D eigenvalue weighted by molar-refractivity contribution is 7.98. The number of rotatable bonds is 1. The second-order valence-electron chi connectivity index (χ2n) is 3.71. The van der Waals surface area contributed by atoms with Crippen LogP contribution in [0.2, 0.25) is 0 Å². The lowest BCUT2D eigenvalue weighted by molar-refractivity contribution is -0.137. The van der Waals surface area contributed by atoms with Gasteiger partial charge in [-0.05, 0) is 23.3 Å². The number of sulfone groups is 1. The van der Waals surface area contributed by atoms with E-state index in [-0.39, 0.29) is 11.1 Å². The zero-order chi connectivity index (χ0) is 13.6. The molecule has 0 bridgehead atoms. The number of hydrogen-bond donors (Lipinski definition) is 1. The van der Waals surface area contributed by atoms with Crippen molar-refractivity contribution in [3.8, 4) is 0 Å². The quantitative estimate of drug-likeness (QED) is 0.855. The fourth-order valence-corrected chi connectivity index (χ4v) is 2.58. The third-order valence-electron chi connectivity index (χ3n) is 2.45. The second-order valence-corrected chi connectivity index (χ2v) is 5.51. The van der Waals surface area contributed by atoms with Crippen LogP contribution >= 0.6 is 0 Å². The molecule has 3 nitrogen and oxygen atoms in total. The monoisotopic (exact) mass is 275 g/mol. The normalized spacial score (nSPS) is 18.4. The molecule has 0 amide bonds. The van der Waals surface area contributed by atoms with Crippen LogP contribution in [-0.4, -0.2) is 8.42 Å². The summed E-state index contributed by atoms with van der Waals surface area (Å²) in [6.45, 7) is 0. The second kappa shape index (κ2) is 3.88. The minimum absolute atomic E-state index is 0.0552. The summed E-state index contributed by atoms with van der Waals surface area (Å²) in [6.07, 6.45) is -3.52. The van der Waals surface area contributed by atoms with Gasteiger partial charge < -0.3 is 5.73 Å². The number of alkyl halides is 3. The van der Waals surface area contributed by atoms with E-state index in [9.17, 15) is 21.6 Å². The van der Waals surface area contributed by atoms with E-state index in [0.717, 1.165) is 17.6 Å². The maximum Gasteiger partial charge on any atom is 0.417 e. The molecule has 7 heteroatoms. The van der Waals surface area contributed by atoms with E-state index in [0.29, 0.717) is 0 Å². The number of nitrogens with two attached hydrogens (primary N) is 1. The highest BCUT2D eigenvalue weighted by atomic mass is 32.2. The Hall–Kier alpha value is -1.76. The molecule has 1 aromatic rings. The lowest BCUT2D eigenvalue weighted by Crippen LogP contribution is -2.08. The maximum atomic E-state index is 12.8. The van der Waals surface area contributed by atoms with E-state index in [1.165, 1.54) is 18.2 Å². The molecule has 18 heavy (non-hydrogen) atoms. The summed E-state index contributed by atoms with van der Waals surface area (Å²) in [5.74, 6) is 0. The summed E-state index contributed by atoms with van der Waals surface area (Å²) in [5.41, 5.74) is 4.09. The lowest BCUT2D eigenvalue weighted by Gasteiger charge is -2.11. The number of hydrogen-bond acceptors (Lipinski definition) is 3. The van der Waals surface area contributed by atoms with Gasteiger partial charge in [0, 0.05) is 5.41 Å². The Balaban J connectivity index is 2.63. The van der Waals surface area contributed by atoms with E-state index < -0.39 is 26.6 Å². The standard InChI is InChI=1S/C11H8F3NO2S/c12-11(13,14)9-4-2-1-3-8(9)7-5-10(15)18(16,17)6-7/h1-6H,15H2. The third-order valence-corrected chi connectivity index (χ3v) is 3.79. The fourth-order valence-electron chi connectivity index (χ4n) is 1.63. The Morgan fingerprint density at radius 2 is 1.72 bits per heavy atom. The molecule has 0 unspecified atom stereocenters. The molecule has 0 saturated heterocycles. The van der Waals surface area contributed by atoms with Crippen LogP contribution in [0, 0.1) is 0 Å². The number of allylic oxidation sites excluding steroid dienone is 2. The number of benzene rings is 1. The SMILES string of the molecule is NC1=CC(c2ccccc2C(F)(F)F)=CS1(=O)=O. The van der Waals surface area contributed by atoms with Crippen LogP contribution in [0.1, 0.15) is 11.1 Å². The van der Waals surface area contributed by atoms with Gasteiger partial charge in [-0.2, -0.15) is 13.2 Å². The summed E-state index contributed by atoms with van der Waals surface area (Å²) in [6, 6.07) is 4.74. The van der Waals surface area contributed by atoms with Gasteiger partial charge in [0.05, 0.1) is 5.56 Å². The molecule has 1 aliphatic rings. The van der Waals surface area contributed by atoms with Crippen molar-refractivity contribution in [2.24, 2.45) is 5.73 Å². The third kappa shape index (κ3) is 2.13. The van der Waals surface area contributed by atoms with Crippen LogP contribution in [0.5, 0.6) is 0 Å². The molecule has 1 heterocycles. The minimum Gasteiger partial charge on any atom is -0.389 e. The van der Waals surface area contributed by atoms with Gasteiger partial charge in [0.25, 0.3) is 0 Å². The van der Waals surface area contributed by atoms with Crippen molar-refractivity contribution in [1.29, 1.82) is 0 Å². The first-order valence-corrected chi connectivity index (χ1v) is 6.37. The molecule has 2 rings (SSSR count). The van der Waals surface area contributed by atoms with Crippen molar-refractivity contribution in [1.82, 2.24) is 0 Å². The van der Waals surface area contributed by atoms with Crippen molar-refractivity contribution < 1.29 is 21.6 Å². The average Bonchev–Trinajstić information content (AvgIpc) is 2.52. The van der Waals surface area contributed by atoms with Crippen molar-refractivity contribution in [3.05, 3.63) is 51.9 Å². The van der Waals surface area contributed by atoms with Gasteiger partial charge in [-0.15, -0.1) is 0 Å². The first-order chi connectivity index (χ1) is 8.22. The summed E-state index contributed by atoms with van der Waals surface area (Å²) in [7, 11) is -3.78. The highest BCUT2D eigenvalue weighted by Crippen LogP contribution is 2.37. The number of halogens is 3. The highest BCUT2D eigenvalue weighted by Gasteiger charge is 2.34. The van der Waals surface area contributed by atoms with E-state index in [1.807, 2.05) is 0 Å². The molecule has 2 N–H and O–H groups in total. The van der Waals surface area contributed by atoms with Crippen molar-refractivity contribution in [2.45, 2.75) is 6.18 Å². The summed E-state index contributed by atoms with van der Waals surface area (Å²) < 4.78 is 61.0. The van der Waals surface area contributed by atoms with Crippen molar-refractivity contribution in [2.75, 3.05) is 0 Å². The fraction of sp³-hybridized carbons (Fsp3) is 0.0909. The first kappa shape index (κ1) is 12.7. The van der Waals surface area contributed by atoms with E-state index in [2.05, 4.69) is 0 Å². The van der Waals surface area contributed by atoms with Crippen LogP contribution in [0.3, 0.4) is 0 Å². The molecule has 0 atom stereocenters. The Bertz CT molecular complexity index is 657.